The molecule has 0 saturated heterocycles. The Kier molecular flexibility index (Phi) is 8.43. The number of aromatic hydroxyl groups is 3. The zero-order chi connectivity index (χ0) is 27.8. The van der Waals surface area contributed by atoms with Gasteiger partial charge in [0.15, 0.2) is 17.5 Å². The number of aromatic nitrogens is 3. The van der Waals surface area contributed by atoms with Gasteiger partial charge in [0.05, 0.1) is 16.7 Å². The lowest BCUT2D eigenvalue weighted by molar-refractivity contribution is 0.360. The maximum Gasteiger partial charge on any atom is 0.167 e. The summed E-state index contributed by atoms with van der Waals surface area (Å²) in [6, 6.07) is 14.1. The number of phenols is 3. The van der Waals surface area contributed by atoms with Gasteiger partial charge in [0.1, 0.15) is 54.3 Å². The maximum absolute atomic E-state index is 10.8. The lowest BCUT2D eigenvalue weighted by atomic mass is 10.1. The predicted octanol–water partition coefficient (Wildman–Crippen LogP) is 5.68. The number of hydrogen-bond acceptors (Lipinski definition) is 9. The van der Waals surface area contributed by atoms with Gasteiger partial charge in [-0.2, -0.15) is 0 Å². The Hall–Kier alpha value is -5.31. The molecule has 0 bridgehead atoms. The fourth-order valence-corrected chi connectivity index (χ4v) is 3.57. The van der Waals surface area contributed by atoms with Crippen molar-refractivity contribution in [2.75, 3.05) is 19.8 Å². The predicted molar refractivity (Wildman–Crippen MR) is 148 cm³/mol. The van der Waals surface area contributed by atoms with Crippen molar-refractivity contribution in [3.05, 3.63) is 92.6 Å². The Morgan fingerprint density at radius 2 is 0.795 bits per heavy atom. The number of hydrogen-bond donors (Lipinski definition) is 3. The first kappa shape index (κ1) is 26.7. The molecule has 1 aromatic heterocycles. The minimum absolute atomic E-state index is 0.112. The van der Waals surface area contributed by atoms with E-state index in [1.165, 1.54) is 18.2 Å². The molecule has 0 unspecified atom stereocenters. The highest BCUT2D eigenvalue weighted by atomic mass is 16.5. The zero-order valence-electron chi connectivity index (χ0n) is 21.1. The average Bonchev–Trinajstić information content (AvgIpc) is 2.93. The van der Waals surface area contributed by atoms with Crippen LogP contribution in [0.25, 0.3) is 34.2 Å². The fraction of sp³-hybridized carbons (Fsp3) is 0.100. The lowest BCUT2D eigenvalue weighted by Crippen LogP contribution is -2.01. The molecular weight excluding hydrogens is 498 g/mol. The van der Waals surface area contributed by atoms with Crippen molar-refractivity contribution in [1.29, 1.82) is 0 Å². The van der Waals surface area contributed by atoms with Gasteiger partial charge in [-0.1, -0.05) is 38.0 Å². The third-order valence-corrected chi connectivity index (χ3v) is 5.37. The van der Waals surface area contributed by atoms with Crippen LogP contribution in [0.2, 0.25) is 0 Å². The van der Waals surface area contributed by atoms with Crippen molar-refractivity contribution in [1.82, 2.24) is 15.0 Å². The Morgan fingerprint density at radius 1 is 0.513 bits per heavy atom. The van der Waals surface area contributed by atoms with Crippen LogP contribution in [0.15, 0.2) is 92.6 Å². The average molecular weight is 526 g/mol. The van der Waals surface area contributed by atoms with Gasteiger partial charge in [0.25, 0.3) is 0 Å². The molecule has 0 radical (unpaired) electrons. The van der Waals surface area contributed by atoms with E-state index in [-0.39, 0.29) is 54.5 Å². The van der Waals surface area contributed by atoms with Crippen LogP contribution in [0.3, 0.4) is 0 Å². The van der Waals surface area contributed by atoms with Gasteiger partial charge < -0.3 is 29.5 Å². The molecule has 4 rings (SSSR count). The summed E-state index contributed by atoms with van der Waals surface area (Å²) in [6.45, 7) is 11.7. The zero-order valence-corrected chi connectivity index (χ0v) is 21.1. The summed E-state index contributed by atoms with van der Waals surface area (Å²) in [4.78, 5) is 13.6. The van der Waals surface area contributed by atoms with Crippen LogP contribution in [0.1, 0.15) is 0 Å². The maximum atomic E-state index is 10.8. The van der Waals surface area contributed by atoms with Crippen LogP contribution in [0.4, 0.5) is 0 Å². The van der Waals surface area contributed by atoms with Gasteiger partial charge in [-0.05, 0) is 36.4 Å². The van der Waals surface area contributed by atoms with Crippen molar-refractivity contribution in [3.8, 4) is 68.7 Å². The van der Waals surface area contributed by atoms with E-state index in [0.717, 1.165) is 0 Å². The molecule has 0 aliphatic rings. The van der Waals surface area contributed by atoms with Crippen LogP contribution >= 0.6 is 0 Å². The summed E-state index contributed by atoms with van der Waals surface area (Å²) in [5, 5.41) is 32.3. The molecule has 0 fully saturated rings. The highest BCUT2D eigenvalue weighted by Crippen LogP contribution is 2.37. The second-order valence-corrected chi connectivity index (χ2v) is 8.14. The van der Waals surface area contributed by atoms with Crippen molar-refractivity contribution in [2.45, 2.75) is 0 Å². The first-order valence-corrected chi connectivity index (χ1v) is 11.9. The van der Waals surface area contributed by atoms with Crippen LogP contribution < -0.4 is 14.2 Å². The van der Waals surface area contributed by atoms with Crippen molar-refractivity contribution < 1.29 is 29.5 Å². The van der Waals surface area contributed by atoms with Gasteiger partial charge in [-0.3, -0.25) is 0 Å². The summed E-state index contributed by atoms with van der Waals surface area (Å²) in [6.07, 6.45) is 4.78. The molecule has 0 amide bonds. The number of benzene rings is 3. The minimum atomic E-state index is -0.130. The molecule has 0 aliphatic carbocycles. The van der Waals surface area contributed by atoms with E-state index in [9.17, 15) is 15.3 Å². The van der Waals surface area contributed by atoms with Crippen molar-refractivity contribution in [3.63, 3.8) is 0 Å². The Labute approximate surface area is 225 Å². The second kappa shape index (κ2) is 12.3. The monoisotopic (exact) mass is 525 g/mol. The van der Waals surface area contributed by atoms with E-state index in [2.05, 4.69) is 34.7 Å². The summed E-state index contributed by atoms with van der Waals surface area (Å²) in [5.41, 5.74) is 0.880. The Bertz CT molecular complexity index is 1330. The van der Waals surface area contributed by atoms with Crippen LogP contribution in [0, 0.1) is 0 Å². The van der Waals surface area contributed by atoms with Crippen LogP contribution in [0.5, 0.6) is 34.5 Å². The van der Waals surface area contributed by atoms with Crippen molar-refractivity contribution >= 4 is 0 Å². The Morgan fingerprint density at radius 3 is 1.03 bits per heavy atom. The summed E-state index contributed by atoms with van der Waals surface area (Å²) >= 11 is 0. The molecule has 3 N–H and O–H groups in total. The molecule has 0 aliphatic heterocycles. The van der Waals surface area contributed by atoms with E-state index < -0.39 is 0 Å². The lowest BCUT2D eigenvalue weighted by Gasteiger charge is -2.13. The van der Waals surface area contributed by atoms with Gasteiger partial charge in [0.2, 0.25) is 0 Å². The van der Waals surface area contributed by atoms with E-state index in [4.69, 9.17) is 14.2 Å². The topological polar surface area (TPSA) is 127 Å². The number of ether oxygens (including phenoxy) is 3. The number of rotatable bonds is 12. The van der Waals surface area contributed by atoms with Gasteiger partial charge >= 0.3 is 0 Å². The molecule has 3 aromatic carbocycles. The van der Waals surface area contributed by atoms with Crippen LogP contribution in [-0.4, -0.2) is 50.1 Å². The molecule has 39 heavy (non-hydrogen) atoms. The number of nitrogens with zero attached hydrogens (tertiary/aromatic N) is 3. The minimum Gasteiger partial charge on any atom is -0.507 e. The third-order valence-electron chi connectivity index (χ3n) is 5.37. The molecule has 198 valence electrons. The van der Waals surface area contributed by atoms with E-state index >= 15 is 0 Å². The summed E-state index contributed by atoms with van der Waals surface area (Å²) in [5.74, 6) is 1.25. The normalized spacial score (nSPS) is 10.5. The highest BCUT2D eigenvalue weighted by Gasteiger charge is 2.19. The molecule has 1 heterocycles. The molecule has 0 saturated carbocycles. The first-order valence-electron chi connectivity index (χ1n) is 11.9. The fourth-order valence-electron chi connectivity index (χ4n) is 3.57. The molecule has 4 aromatic rings. The molecule has 0 spiro atoms. The quantitative estimate of drug-likeness (QED) is 0.200. The van der Waals surface area contributed by atoms with Gasteiger partial charge in [0, 0.05) is 18.2 Å². The summed E-state index contributed by atoms with van der Waals surface area (Å²) < 4.78 is 16.5. The SMILES string of the molecule is C=CCOc1ccc(-c2nc(-c3ccc(OCC=C)cc3O)nc(-c3ccc(OCC=C)cc3O)n2)c(O)c1. The highest BCUT2D eigenvalue weighted by molar-refractivity contribution is 5.74. The second-order valence-electron chi connectivity index (χ2n) is 8.14. The van der Waals surface area contributed by atoms with E-state index in [1.54, 1.807) is 54.6 Å². The number of phenolic OH excluding ortho intramolecular Hbond substituents is 3. The van der Waals surface area contributed by atoms with E-state index in [1.807, 2.05) is 0 Å². The third kappa shape index (κ3) is 6.34. The molecule has 0 atom stereocenters. The smallest absolute Gasteiger partial charge is 0.167 e. The largest absolute Gasteiger partial charge is 0.507 e. The standard InChI is InChI=1S/C30H27N3O6/c1-4-13-37-19-7-10-22(25(34)16-19)28-31-29(23-11-8-20(17-26(23)35)38-14-5-2)33-30(32-28)24-12-9-21(18-27(24)36)39-15-6-3/h4-12,16-18,34-36H,1-3,13-15H2. The molecule has 9 nitrogen and oxygen atoms in total. The van der Waals surface area contributed by atoms with Gasteiger partial charge in [-0.15, -0.1) is 0 Å². The van der Waals surface area contributed by atoms with Gasteiger partial charge in [-0.25, -0.2) is 15.0 Å². The Balaban J connectivity index is 1.84. The molecular formula is C30H27N3O6. The van der Waals surface area contributed by atoms with E-state index in [0.29, 0.717) is 33.9 Å². The first-order chi connectivity index (χ1) is 18.9. The van der Waals surface area contributed by atoms with Crippen LogP contribution in [-0.2, 0) is 0 Å². The molecule has 9 heteroatoms. The summed E-state index contributed by atoms with van der Waals surface area (Å²) in [7, 11) is 0. The van der Waals surface area contributed by atoms with Crippen molar-refractivity contribution in [2.24, 2.45) is 0 Å².